The van der Waals surface area contributed by atoms with Crippen molar-refractivity contribution >= 4 is 6.09 Å². The second kappa shape index (κ2) is 7.67. The Bertz CT molecular complexity index is 801. The Labute approximate surface area is 162 Å². The fourth-order valence-electron chi connectivity index (χ4n) is 4.62. The van der Waals surface area contributed by atoms with Gasteiger partial charge in [-0.3, -0.25) is 4.90 Å². The number of allylic oxidation sites excluding steroid dienone is 1. The monoisotopic (exact) mass is 393 g/mol. The molecule has 0 bridgehead atoms. The van der Waals surface area contributed by atoms with Crippen LogP contribution in [0.3, 0.4) is 0 Å². The van der Waals surface area contributed by atoms with E-state index in [1.807, 2.05) is 0 Å². The van der Waals surface area contributed by atoms with E-state index < -0.39 is 23.8 Å². The lowest BCUT2D eigenvalue weighted by Crippen LogP contribution is -2.48. The van der Waals surface area contributed by atoms with Gasteiger partial charge in [-0.25, -0.2) is 13.6 Å². The molecule has 0 spiro atoms. The lowest BCUT2D eigenvalue weighted by atomic mass is 9.93. The molecule has 1 aromatic rings. The van der Waals surface area contributed by atoms with E-state index in [0.29, 0.717) is 19.6 Å². The quantitative estimate of drug-likeness (QED) is 0.837. The van der Waals surface area contributed by atoms with Crippen LogP contribution >= 0.6 is 0 Å². The number of halogens is 2. The summed E-state index contributed by atoms with van der Waals surface area (Å²) in [6.45, 7) is 1.84. The van der Waals surface area contributed by atoms with E-state index in [4.69, 9.17) is 15.2 Å². The van der Waals surface area contributed by atoms with Gasteiger partial charge in [-0.2, -0.15) is 0 Å². The number of nitrogens with two attached hydrogens (primary N) is 1. The fourth-order valence-corrected chi connectivity index (χ4v) is 4.62. The van der Waals surface area contributed by atoms with Crippen LogP contribution in [-0.4, -0.2) is 54.8 Å². The molecule has 2 N–H and O–H groups in total. The van der Waals surface area contributed by atoms with Crippen LogP contribution in [-0.2, 0) is 9.47 Å². The molecule has 3 atom stereocenters. The molecule has 8 heteroatoms. The highest BCUT2D eigenvalue weighted by atomic mass is 19.1. The lowest BCUT2D eigenvalue weighted by Gasteiger charge is -2.41. The summed E-state index contributed by atoms with van der Waals surface area (Å²) >= 11 is 0. The molecule has 4 rings (SSSR count). The van der Waals surface area contributed by atoms with Crippen LogP contribution < -0.4 is 5.73 Å². The lowest BCUT2D eigenvalue weighted by molar-refractivity contribution is -0.0435. The number of carbonyl (C=O) groups is 1. The van der Waals surface area contributed by atoms with Gasteiger partial charge >= 0.3 is 6.09 Å². The third-order valence-electron chi connectivity index (χ3n) is 5.89. The zero-order valence-electron chi connectivity index (χ0n) is 15.9. The first-order valence-electron chi connectivity index (χ1n) is 9.66. The Kier molecular flexibility index (Phi) is 5.25. The van der Waals surface area contributed by atoms with Gasteiger partial charge in [-0.05, 0) is 37.5 Å². The number of benzene rings is 1. The molecule has 6 nitrogen and oxygen atoms in total. The number of carbonyl (C=O) groups excluding carboxylic acids is 1. The van der Waals surface area contributed by atoms with E-state index in [-0.39, 0.29) is 17.7 Å². The number of rotatable bonds is 2. The van der Waals surface area contributed by atoms with Gasteiger partial charge in [-0.15, -0.1) is 0 Å². The predicted octanol–water partition coefficient (Wildman–Crippen LogP) is 2.90. The van der Waals surface area contributed by atoms with Crippen LogP contribution in [0, 0.1) is 11.6 Å². The first-order chi connectivity index (χ1) is 13.5. The second-order valence-corrected chi connectivity index (χ2v) is 7.54. The Morgan fingerprint density at radius 1 is 1.25 bits per heavy atom. The molecule has 28 heavy (non-hydrogen) atoms. The number of nitrogens with zero attached hydrogens (tertiary/aromatic N) is 2. The third-order valence-corrected chi connectivity index (χ3v) is 5.89. The molecule has 0 radical (unpaired) electrons. The van der Waals surface area contributed by atoms with Crippen molar-refractivity contribution in [2.45, 2.75) is 43.9 Å². The molecule has 1 aromatic carbocycles. The molecule has 0 aliphatic carbocycles. The van der Waals surface area contributed by atoms with Gasteiger partial charge < -0.3 is 20.1 Å². The van der Waals surface area contributed by atoms with E-state index in [1.54, 1.807) is 4.90 Å². The van der Waals surface area contributed by atoms with Gasteiger partial charge in [0.15, 0.2) is 0 Å². The van der Waals surface area contributed by atoms with Crippen LogP contribution in [0.25, 0.3) is 0 Å². The van der Waals surface area contributed by atoms with Crippen molar-refractivity contribution in [2.24, 2.45) is 5.73 Å². The molecule has 0 aromatic heterocycles. The van der Waals surface area contributed by atoms with E-state index in [2.05, 4.69) is 4.90 Å². The highest BCUT2D eigenvalue weighted by Gasteiger charge is 2.40. The van der Waals surface area contributed by atoms with Gasteiger partial charge in [0, 0.05) is 42.5 Å². The zero-order valence-corrected chi connectivity index (χ0v) is 15.9. The van der Waals surface area contributed by atoms with Crippen LogP contribution in [0.1, 0.15) is 37.4 Å². The van der Waals surface area contributed by atoms with Crippen molar-refractivity contribution in [2.75, 3.05) is 26.8 Å². The minimum Gasteiger partial charge on any atom is -0.452 e. The fraction of sp³-hybridized carbons (Fsp3) is 0.550. The maximum absolute atomic E-state index is 14.1. The van der Waals surface area contributed by atoms with Crippen molar-refractivity contribution in [3.63, 3.8) is 0 Å². The third kappa shape index (κ3) is 3.35. The summed E-state index contributed by atoms with van der Waals surface area (Å²) in [7, 11) is 1.39. The summed E-state index contributed by atoms with van der Waals surface area (Å²) in [6, 6.07) is 2.96. The summed E-state index contributed by atoms with van der Waals surface area (Å²) < 4.78 is 38.5. The molecular formula is C20H25F2N3O3. The van der Waals surface area contributed by atoms with Crippen molar-refractivity contribution in [3.05, 3.63) is 46.8 Å². The molecule has 1 fully saturated rings. The molecule has 1 saturated heterocycles. The van der Waals surface area contributed by atoms with E-state index in [9.17, 15) is 13.6 Å². The van der Waals surface area contributed by atoms with Crippen LogP contribution in [0.4, 0.5) is 13.6 Å². The minimum atomic E-state index is -0.666. The maximum atomic E-state index is 14.1. The Balaban J connectivity index is 1.50. The predicted molar refractivity (Wildman–Crippen MR) is 98.1 cm³/mol. The van der Waals surface area contributed by atoms with Gasteiger partial charge in [0.25, 0.3) is 0 Å². The van der Waals surface area contributed by atoms with Crippen molar-refractivity contribution in [1.82, 2.24) is 9.80 Å². The average Bonchev–Trinajstić information content (AvgIpc) is 3.13. The molecule has 1 amide bonds. The summed E-state index contributed by atoms with van der Waals surface area (Å²) in [5.74, 6) is -1.01. The average molecular weight is 393 g/mol. The summed E-state index contributed by atoms with van der Waals surface area (Å²) in [5.41, 5.74) is 8.64. The number of methoxy groups -OCH3 is 1. The molecule has 3 heterocycles. The van der Waals surface area contributed by atoms with Crippen molar-refractivity contribution in [3.8, 4) is 0 Å². The topological polar surface area (TPSA) is 68.0 Å². The number of hydrogen-bond acceptors (Lipinski definition) is 5. The molecular weight excluding hydrogens is 368 g/mol. The smallest absolute Gasteiger partial charge is 0.413 e. The summed E-state index contributed by atoms with van der Waals surface area (Å²) in [5, 5.41) is 0. The number of hydrogen-bond donors (Lipinski definition) is 1. The standard InChI is InChI=1S/C20H25F2N3O3/c1-27-20(26)25-7-2-3-17-18(25)6-8-24(17)13-10-16(23)19(28-11-13)14-9-12(21)4-5-15(14)22/h4-5,9,13,16,19H,2-3,6-8,10-11,23H2,1H3. The zero-order chi connectivity index (χ0) is 19.8. The summed E-state index contributed by atoms with van der Waals surface area (Å²) in [4.78, 5) is 16.0. The largest absolute Gasteiger partial charge is 0.452 e. The highest BCUT2D eigenvalue weighted by molar-refractivity contribution is 5.70. The van der Waals surface area contributed by atoms with Gasteiger partial charge in [0.2, 0.25) is 0 Å². The van der Waals surface area contributed by atoms with E-state index in [1.165, 1.54) is 7.11 Å². The van der Waals surface area contributed by atoms with Gasteiger partial charge in [0.05, 0.1) is 19.8 Å². The van der Waals surface area contributed by atoms with Gasteiger partial charge in [0.1, 0.15) is 17.7 Å². The molecule has 3 aliphatic rings. The first-order valence-corrected chi connectivity index (χ1v) is 9.66. The van der Waals surface area contributed by atoms with Crippen LogP contribution in [0.5, 0.6) is 0 Å². The Morgan fingerprint density at radius 3 is 2.82 bits per heavy atom. The van der Waals surface area contributed by atoms with Crippen LogP contribution in [0.2, 0.25) is 0 Å². The van der Waals surface area contributed by atoms with Gasteiger partial charge in [-0.1, -0.05) is 0 Å². The number of amides is 1. The Hall–Kier alpha value is -2.19. The number of ether oxygens (including phenoxy) is 2. The SMILES string of the molecule is COC(=O)N1CCCC2=C1CCN2C1COC(c2cc(F)ccc2F)C(N)C1. The van der Waals surface area contributed by atoms with E-state index >= 15 is 0 Å². The molecule has 0 saturated carbocycles. The van der Waals surface area contributed by atoms with Crippen molar-refractivity contribution in [1.29, 1.82) is 0 Å². The van der Waals surface area contributed by atoms with Crippen molar-refractivity contribution < 1.29 is 23.0 Å². The maximum Gasteiger partial charge on any atom is 0.413 e. The van der Waals surface area contributed by atoms with E-state index in [0.717, 1.165) is 55.4 Å². The second-order valence-electron chi connectivity index (χ2n) is 7.54. The highest BCUT2D eigenvalue weighted by Crippen LogP contribution is 2.38. The molecule has 3 unspecified atom stereocenters. The molecule has 152 valence electrons. The normalized spacial score (nSPS) is 27.8. The van der Waals surface area contributed by atoms with Crippen LogP contribution in [0.15, 0.2) is 29.6 Å². The first kappa shape index (κ1) is 19.1. The minimum absolute atomic E-state index is 0.0490. The Morgan fingerprint density at radius 2 is 2.07 bits per heavy atom. The summed E-state index contributed by atoms with van der Waals surface area (Å²) in [6.07, 6.45) is 2.17. The molecule has 3 aliphatic heterocycles.